The number of aromatic nitrogens is 2. The van der Waals surface area contributed by atoms with Gasteiger partial charge in [0, 0.05) is 7.11 Å². The first-order chi connectivity index (χ1) is 7.99. The van der Waals surface area contributed by atoms with Gasteiger partial charge in [-0.1, -0.05) is 0 Å². The second kappa shape index (κ2) is 5.35. The van der Waals surface area contributed by atoms with Crippen LogP contribution in [0.2, 0.25) is 0 Å². The van der Waals surface area contributed by atoms with Crippen LogP contribution in [0.5, 0.6) is 0 Å². The molecule has 7 nitrogen and oxygen atoms in total. The van der Waals surface area contributed by atoms with Gasteiger partial charge in [0.1, 0.15) is 0 Å². The average Bonchev–Trinajstić information content (AvgIpc) is 2.30. The number of rotatable bonds is 5. The summed E-state index contributed by atoms with van der Waals surface area (Å²) in [4.78, 5) is 22.8. The van der Waals surface area contributed by atoms with Gasteiger partial charge in [-0.15, -0.1) is 0 Å². The summed E-state index contributed by atoms with van der Waals surface area (Å²) in [6, 6.07) is 1.44. The third-order valence-electron chi connectivity index (χ3n) is 2.14. The predicted octanol–water partition coefficient (Wildman–Crippen LogP) is -0.304. The molecule has 1 heterocycles. The lowest BCUT2D eigenvalue weighted by molar-refractivity contribution is -0.145. The minimum Gasteiger partial charge on any atom is -0.479 e. The molecule has 0 aliphatic rings. The number of nitrogens with zero attached hydrogens (tertiary/aromatic N) is 2. The summed E-state index contributed by atoms with van der Waals surface area (Å²) < 4.78 is 4.78. The van der Waals surface area contributed by atoms with Crippen molar-refractivity contribution in [3.8, 4) is 0 Å². The molecular formula is C10H13N3O4. The van der Waals surface area contributed by atoms with E-state index in [-0.39, 0.29) is 12.2 Å². The van der Waals surface area contributed by atoms with Crippen molar-refractivity contribution in [3.05, 3.63) is 24.0 Å². The zero-order valence-corrected chi connectivity index (χ0v) is 9.51. The summed E-state index contributed by atoms with van der Waals surface area (Å²) in [5.74, 6) is -1.71. The first kappa shape index (κ1) is 13.0. The summed E-state index contributed by atoms with van der Waals surface area (Å²) in [6.07, 6.45) is 2.60. The molecular weight excluding hydrogens is 226 g/mol. The van der Waals surface area contributed by atoms with Crippen LogP contribution in [-0.4, -0.2) is 46.4 Å². The Kier molecular flexibility index (Phi) is 4.11. The van der Waals surface area contributed by atoms with Crippen molar-refractivity contribution < 1.29 is 19.4 Å². The van der Waals surface area contributed by atoms with Crippen molar-refractivity contribution in [1.82, 2.24) is 15.5 Å². The van der Waals surface area contributed by atoms with Gasteiger partial charge in [-0.05, 0) is 13.0 Å². The molecule has 0 saturated carbocycles. The third-order valence-corrected chi connectivity index (χ3v) is 2.14. The van der Waals surface area contributed by atoms with Gasteiger partial charge in [0.25, 0.3) is 5.91 Å². The van der Waals surface area contributed by atoms with Crippen LogP contribution in [0.1, 0.15) is 17.3 Å². The van der Waals surface area contributed by atoms with Crippen LogP contribution < -0.4 is 5.32 Å². The van der Waals surface area contributed by atoms with Crippen molar-refractivity contribution in [1.29, 1.82) is 0 Å². The Hall–Kier alpha value is -2.02. The molecule has 1 amide bonds. The van der Waals surface area contributed by atoms with Crippen molar-refractivity contribution in [2.24, 2.45) is 0 Å². The second-order valence-corrected chi connectivity index (χ2v) is 3.66. The topological polar surface area (TPSA) is 101 Å². The Bertz CT molecular complexity index is 409. The monoisotopic (exact) mass is 239 g/mol. The molecule has 1 rings (SSSR count). The molecule has 0 aliphatic carbocycles. The van der Waals surface area contributed by atoms with E-state index in [1.165, 1.54) is 32.5 Å². The smallest absolute Gasteiger partial charge is 0.331 e. The highest BCUT2D eigenvalue weighted by atomic mass is 16.5. The maximum atomic E-state index is 11.7. The molecule has 0 radical (unpaired) electrons. The number of hydrogen-bond acceptors (Lipinski definition) is 5. The minimum absolute atomic E-state index is 0.132. The fourth-order valence-electron chi connectivity index (χ4n) is 1.19. The molecule has 1 aromatic heterocycles. The Labute approximate surface area is 97.8 Å². The number of hydrogen-bond donors (Lipinski definition) is 2. The van der Waals surface area contributed by atoms with Gasteiger partial charge in [-0.3, -0.25) is 4.79 Å². The number of methoxy groups -OCH3 is 1. The highest BCUT2D eigenvalue weighted by Crippen LogP contribution is 2.06. The Morgan fingerprint density at radius 1 is 1.53 bits per heavy atom. The maximum absolute atomic E-state index is 11.7. The Morgan fingerprint density at radius 2 is 2.24 bits per heavy atom. The molecule has 1 unspecified atom stereocenters. The number of amides is 1. The van der Waals surface area contributed by atoms with E-state index in [4.69, 9.17) is 9.84 Å². The predicted molar refractivity (Wildman–Crippen MR) is 57.4 cm³/mol. The van der Waals surface area contributed by atoms with E-state index in [9.17, 15) is 9.59 Å². The van der Waals surface area contributed by atoms with E-state index in [2.05, 4.69) is 15.5 Å². The zero-order valence-electron chi connectivity index (χ0n) is 9.51. The van der Waals surface area contributed by atoms with Gasteiger partial charge in [0.05, 0.1) is 24.6 Å². The molecule has 7 heteroatoms. The summed E-state index contributed by atoms with van der Waals surface area (Å²) in [5, 5.41) is 18.5. The number of carbonyl (C=O) groups excluding carboxylic acids is 1. The first-order valence-corrected chi connectivity index (χ1v) is 4.81. The molecule has 1 atom stereocenters. The van der Waals surface area contributed by atoms with Gasteiger partial charge in [-0.2, -0.15) is 10.2 Å². The van der Waals surface area contributed by atoms with Crippen LogP contribution in [0.4, 0.5) is 0 Å². The molecule has 0 bridgehead atoms. The van der Waals surface area contributed by atoms with Crippen molar-refractivity contribution in [2.75, 3.05) is 13.7 Å². The first-order valence-electron chi connectivity index (χ1n) is 4.81. The number of aliphatic carboxylic acids is 1. The van der Waals surface area contributed by atoms with E-state index in [1.54, 1.807) is 0 Å². The number of ether oxygens (including phenoxy) is 1. The molecule has 0 aliphatic heterocycles. The number of carboxylic acids is 1. The fourth-order valence-corrected chi connectivity index (χ4v) is 1.19. The van der Waals surface area contributed by atoms with Crippen LogP contribution in [0, 0.1) is 0 Å². The number of carbonyl (C=O) groups is 2. The van der Waals surface area contributed by atoms with Crippen molar-refractivity contribution >= 4 is 11.9 Å². The molecule has 2 N–H and O–H groups in total. The lowest BCUT2D eigenvalue weighted by atomic mass is 10.0. The van der Waals surface area contributed by atoms with E-state index < -0.39 is 17.4 Å². The van der Waals surface area contributed by atoms with Crippen molar-refractivity contribution in [2.45, 2.75) is 12.5 Å². The molecule has 0 spiro atoms. The standard InChI is InChI=1S/C10H13N3O4/c1-10(6-17-2,9(15)16)13-8(14)7-3-4-11-12-5-7/h3-5H,6H2,1-2H3,(H,13,14)(H,15,16). The van der Waals surface area contributed by atoms with E-state index in [0.717, 1.165) is 0 Å². The quantitative estimate of drug-likeness (QED) is 0.731. The highest BCUT2D eigenvalue weighted by Gasteiger charge is 2.35. The zero-order chi connectivity index (χ0) is 12.9. The van der Waals surface area contributed by atoms with E-state index >= 15 is 0 Å². The van der Waals surface area contributed by atoms with Gasteiger partial charge in [0.15, 0.2) is 5.54 Å². The summed E-state index contributed by atoms with van der Waals surface area (Å²) in [5.41, 5.74) is -1.24. The van der Waals surface area contributed by atoms with Crippen molar-refractivity contribution in [3.63, 3.8) is 0 Å². The van der Waals surface area contributed by atoms with E-state index in [0.29, 0.717) is 0 Å². The third kappa shape index (κ3) is 3.22. The number of nitrogens with one attached hydrogen (secondary N) is 1. The highest BCUT2D eigenvalue weighted by molar-refractivity contribution is 5.97. The number of carboxylic acid groups (broad SMARTS) is 1. The molecule has 0 saturated heterocycles. The minimum atomic E-state index is -1.48. The maximum Gasteiger partial charge on any atom is 0.331 e. The normalized spacial score (nSPS) is 13.8. The van der Waals surface area contributed by atoms with Gasteiger partial charge in [0.2, 0.25) is 0 Å². The second-order valence-electron chi connectivity index (χ2n) is 3.66. The van der Waals surface area contributed by atoms with Gasteiger partial charge < -0.3 is 15.2 Å². The van der Waals surface area contributed by atoms with Crippen LogP contribution in [-0.2, 0) is 9.53 Å². The SMILES string of the molecule is COCC(C)(NC(=O)c1ccnnc1)C(=O)O. The lowest BCUT2D eigenvalue weighted by Crippen LogP contribution is -2.55. The summed E-state index contributed by atoms with van der Waals surface area (Å²) >= 11 is 0. The van der Waals surface area contributed by atoms with E-state index in [1.807, 2.05) is 0 Å². The molecule has 0 fully saturated rings. The van der Waals surface area contributed by atoms with Gasteiger partial charge in [-0.25, -0.2) is 4.79 Å². The average molecular weight is 239 g/mol. The molecule has 1 aromatic rings. The van der Waals surface area contributed by atoms with Crippen LogP contribution in [0.15, 0.2) is 18.5 Å². The molecule has 0 aromatic carbocycles. The van der Waals surface area contributed by atoms with Crippen LogP contribution >= 0.6 is 0 Å². The fraction of sp³-hybridized carbons (Fsp3) is 0.400. The van der Waals surface area contributed by atoms with Crippen LogP contribution in [0.25, 0.3) is 0 Å². The lowest BCUT2D eigenvalue weighted by Gasteiger charge is -2.25. The molecule has 92 valence electrons. The Balaban J connectivity index is 2.82. The Morgan fingerprint density at radius 3 is 2.71 bits per heavy atom. The molecule has 17 heavy (non-hydrogen) atoms. The van der Waals surface area contributed by atoms with Gasteiger partial charge >= 0.3 is 5.97 Å². The summed E-state index contributed by atoms with van der Waals surface area (Å²) in [6.45, 7) is 1.23. The summed E-state index contributed by atoms with van der Waals surface area (Å²) in [7, 11) is 1.36. The largest absolute Gasteiger partial charge is 0.479 e. The van der Waals surface area contributed by atoms with Crippen LogP contribution in [0.3, 0.4) is 0 Å².